The Hall–Kier alpha value is -3.27. The summed E-state index contributed by atoms with van der Waals surface area (Å²) in [6.45, 7) is 7.88. The first-order valence-electron chi connectivity index (χ1n) is 10.8. The number of hydrogen-bond donors (Lipinski definition) is 0. The molecule has 1 amide bonds. The number of rotatable bonds is 10. The minimum Gasteiger partial charge on any atom is -0.490 e. The van der Waals surface area contributed by atoms with Crippen molar-refractivity contribution in [3.8, 4) is 17.2 Å². The van der Waals surface area contributed by atoms with Crippen molar-refractivity contribution in [3.05, 3.63) is 57.6 Å². The highest BCUT2D eigenvalue weighted by atomic mass is 32.2. The molecule has 0 N–H and O–H groups in total. The Kier molecular flexibility index (Phi) is 8.53. The first-order chi connectivity index (χ1) is 16.0. The Morgan fingerprint density at radius 1 is 1.06 bits per heavy atom. The van der Waals surface area contributed by atoms with Crippen molar-refractivity contribution in [1.82, 2.24) is 4.90 Å². The van der Waals surface area contributed by atoms with Gasteiger partial charge in [0.25, 0.3) is 11.6 Å². The van der Waals surface area contributed by atoms with Crippen LogP contribution in [0.15, 0.2) is 41.4 Å². The average Bonchev–Trinajstić information content (AvgIpc) is 3.28. The van der Waals surface area contributed by atoms with Crippen LogP contribution in [0.2, 0.25) is 0 Å². The summed E-state index contributed by atoms with van der Waals surface area (Å²) in [5, 5.41) is 11.4. The molecule has 2 aromatic carbocycles. The third kappa shape index (κ3) is 5.95. The van der Waals surface area contributed by atoms with Crippen molar-refractivity contribution >= 4 is 28.5 Å². The third-order valence-corrected chi connectivity index (χ3v) is 5.80. The molecule has 2 aromatic rings. The highest BCUT2D eigenvalue weighted by Gasteiger charge is 2.27. The van der Waals surface area contributed by atoms with E-state index in [9.17, 15) is 14.9 Å². The molecular weight excluding hydrogens is 446 g/mol. The molecule has 0 radical (unpaired) electrons. The molecule has 0 unspecified atom stereocenters. The Balaban J connectivity index is 1.78. The van der Waals surface area contributed by atoms with Crippen molar-refractivity contribution in [2.45, 2.75) is 26.5 Å². The quantitative estimate of drug-likeness (QED) is 0.369. The van der Waals surface area contributed by atoms with Gasteiger partial charge in [-0.2, -0.15) is 0 Å². The molecule has 0 saturated carbocycles. The lowest BCUT2D eigenvalue weighted by molar-refractivity contribution is -0.384. The number of nitrogens with zero attached hydrogens (tertiary/aromatic N) is 3. The summed E-state index contributed by atoms with van der Waals surface area (Å²) in [6, 6.07) is 9.72. The lowest BCUT2D eigenvalue weighted by Crippen LogP contribution is -2.33. The zero-order valence-corrected chi connectivity index (χ0v) is 19.7. The molecule has 176 valence electrons. The molecular formula is C23H27N3O6S. The fourth-order valence-electron chi connectivity index (χ4n) is 3.27. The maximum absolute atomic E-state index is 13.4. The van der Waals surface area contributed by atoms with E-state index in [4.69, 9.17) is 14.2 Å². The number of hydrogen-bond acceptors (Lipinski definition) is 8. The predicted octanol–water partition coefficient (Wildman–Crippen LogP) is 4.54. The molecule has 0 saturated heterocycles. The van der Waals surface area contributed by atoms with Crippen LogP contribution >= 0.6 is 11.8 Å². The number of benzene rings is 2. The lowest BCUT2D eigenvalue weighted by atomic mass is 10.1. The number of aliphatic imine (C=N–C) groups is 1. The van der Waals surface area contributed by atoms with Crippen LogP contribution in [0.5, 0.6) is 17.2 Å². The number of thioether (sulfide) groups is 1. The van der Waals surface area contributed by atoms with E-state index in [0.717, 1.165) is 5.56 Å². The fourth-order valence-corrected chi connectivity index (χ4v) is 4.27. The third-order valence-electron chi connectivity index (χ3n) is 4.72. The molecule has 1 aliphatic rings. The standard InChI is InChI=1S/C23H27N3O6S/c1-4-30-19-13-17(14-20(31-5-2)21(19)32-6-3)22(27)25-12-11-24-23(25)33-15-16-7-9-18(10-8-16)26(28)29/h7-10,13-14H,4-6,11-12,15H2,1-3H3. The fraction of sp³-hybridized carbons (Fsp3) is 0.391. The van der Waals surface area contributed by atoms with Crippen LogP contribution in [0, 0.1) is 10.1 Å². The number of carbonyl (C=O) groups is 1. The molecule has 0 atom stereocenters. The van der Waals surface area contributed by atoms with Crippen LogP contribution in [-0.2, 0) is 5.75 Å². The Morgan fingerprint density at radius 2 is 1.67 bits per heavy atom. The zero-order chi connectivity index (χ0) is 23.8. The second-order valence-corrected chi connectivity index (χ2v) is 7.88. The van der Waals surface area contributed by atoms with Crippen molar-refractivity contribution in [3.63, 3.8) is 0 Å². The highest BCUT2D eigenvalue weighted by Crippen LogP contribution is 2.39. The lowest BCUT2D eigenvalue weighted by Gasteiger charge is -2.21. The van der Waals surface area contributed by atoms with Crippen LogP contribution < -0.4 is 14.2 Å². The molecule has 1 aliphatic heterocycles. The molecule has 0 bridgehead atoms. The number of amidine groups is 1. The molecule has 3 rings (SSSR count). The number of ether oxygens (including phenoxy) is 3. The number of non-ortho nitro benzene ring substituents is 1. The Bertz CT molecular complexity index is 998. The van der Waals surface area contributed by atoms with Gasteiger partial charge in [-0.15, -0.1) is 0 Å². The molecule has 10 heteroatoms. The van der Waals surface area contributed by atoms with Gasteiger partial charge in [-0.1, -0.05) is 23.9 Å². The van der Waals surface area contributed by atoms with Crippen molar-refractivity contribution < 1.29 is 23.9 Å². The van der Waals surface area contributed by atoms with Crippen LogP contribution in [0.1, 0.15) is 36.7 Å². The molecule has 0 spiro atoms. The van der Waals surface area contributed by atoms with Crippen LogP contribution in [0.3, 0.4) is 0 Å². The molecule has 0 aromatic heterocycles. The summed E-state index contributed by atoms with van der Waals surface area (Å²) in [5.41, 5.74) is 1.38. The van der Waals surface area contributed by atoms with Gasteiger partial charge in [0.1, 0.15) is 0 Å². The first-order valence-corrected chi connectivity index (χ1v) is 11.8. The Labute approximate surface area is 196 Å². The summed E-state index contributed by atoms with van der Waals surface area (Å²) >= 11 is 1.42. The highest BCUT2D eigenvalue weighted by molar-refractivity contribution is 8.13. The second kappa shape index (κ2) is 11.6. The van der Waals surface area contributed by atoms with E-state index in [2.05, 4.69) is 4.99 Å². The summed E-state index contributed by atoms with van der Waals surface area (Å²) in [5.74, 6) is 1.75. The van der Waals surface area contributed by atoms with E-state index < -0.39 is 4.92 Å². The monoisotopic (exact) mass is 473 g/mol. The SMILES string of the molecule is CCOc1cc(C(=O)N2CCN=C2SCc2ccc([N+](=O)[O-])cc2)cc(OCC)c1OCC. The molecule has 9 nitrogen and oxygen atoms in total. The maximum Gasteiger partial charge on any atom is 0.269 e. The average molecular weight is 474 g/mol. The van der Waals surface area contributed by atoms with E-state index in [1.54, 1.807) is 29.2 Å². The van der Waals surface area contributed by atoms with E-state index in [1.807, 2.05) is 20.8 Å². The minimum absolute atomic E-state index is 0.0458. The summed E-state index contributed by atoms with van der Waals surface area (Å²) in [4.78, 5) is 29.9. The zero-order valence-electron chi connectivity index (χ0n) is 18.9. The predicted molar refractivity (Wildman–Crippen MR) is 128 cm³/mol. The second-order valence-electron chi connectivity index (χ2n) is 6.93. The summed E-state index contributed by atoms with van der Waals surface area (Å²) < 4.78 is 17.2. The summed E-state index contributed by atoms with van der Waals surface area (Å²) in [7, 11) is 0. The minimum atomic E-state index is -0.428. The van der Waals surface area contributed by atoms with Crippen LogP contribution in [0.4, 0.5) is 5.69 Å². The molecule has 1 heterocycles. The van der Waals surface area contributed by atoms with Gasteiger partial charge in [0.05, 0.1) is 31.3 Å². The smallest absolute Gasteiger partial charge is 0.269 e. The van der Waals surface area contributed by atoms with Gasteiger partial charge in [0.15, 0.2) is 16.7 Å². The largest absolute Gasteiger partial charge is 0.490 e. The number of amides is 1. The maximum atomic E-state index is 13.4. The van der Waals surface area contributed by atoms with Gasteiger partial charge >= 0.3 is 0 Å². The van der Waals surface area contributed by atoms with E-state index in [-0.39, 0.29) is 11.6 Å². The van der Waals surface area contributed by atoms with Gasteiger partial charge < -0.3 is 14.2 Å². The van der Waals surface area contributed by atoms with Gasteiger partial charge in [-0.3, -0.25) is 24.8 Å². The topological polar surface area (TPSA) is 104 Å². The number of carbonyl (C=O) groups excluding carboxylic acids is 1. The van der Waals surface area contributed by atoms with Gasteiger partial charge in [-0.05, 0) is 38.5 Å². The van der Waals surface area contributed by atoms with Crippen molar-refractivity contribution in [1.29, 1.82) is 0 Å². The van der Waals surface area contributed by atoms with Crippen LogP contribution in [-0.4, -0.2) is 53.8 Å². The Morgan fingerprint density at radius 3 is 2.21 bits per heavy atom. The van der Waals surface area contributed by atoms with Gasteiger partial charge in [-0.25, -0.2) is 0 Å². The first kappa shape index (κ1) is 24.4. The van der Waals surface area contributed by atoms with E-state index in [0.29, 0.717) is 66.6 Å². The normalized spacial score (nSPS) is 12.9. The van der Waals surface area contributed by atoms with Crippen LogP contribution in [0.25, 0.3) is 0 Å². The molecule has 0 aliphatic carbocycles. The number of nitro groups is 1. The molecule has 33 heavy (non-hydrogen) atoms. The van der Waals surface area contributed by atoms with Crippen molar-refractivity contribution in [2.75, 3.05) is 32.9 Å². The van der Waals surface area contributed by atoms with Gasteiger partial charge in [0.2, 0.25) is 5.75 Å². The summed E-state index contributed by atoms with van der Waals surface area (Å²) in [6.07, 6.45) is 0. The number of nitro benzene ring substituents is 1. The van der Waals surface area contributed by atoms with Gasteiger partial charge in [0, 0.05) is 30.0 Å². The van der Waals surface area contributed by atoms with E-state index >= 15 is 0 Å². The molecule has 0 fully saturated rings. The van der Waals surface area contributed by atoms with Crippen molar-refractivity contribution in [2.24, 2.45) is 4.99 Å². The van der Waals surface area contributed by atoms with E-state index in [1.165, 1.54) is 23.9 Å².